The average molecular weight is 313 g/mol. The second-order valence-electron chi connectivity index (χ2n) is 5.00. The van der Waals surface area contributed by atoms with Crippen LogP contribution < -0.4 is 0 Å². The van der Waals surface area contributed by atoms with E-state index in [4.69, 9.17) is 13.3 Å². The summed E-state index contributed by atoms with van der Waals surface area (Å²) in [5.41, 5.74) is 0. The molecule has 0 aliphatic heterocycles. The molecule has 0 aromatic carbocycles. The van der Waals surface area contributed by atoms with Gasteiger partial charge in [-0.1, -0.05) is 57.3 Å². The lowest BCUT2D eigenvalue weighted by atomic mass is 10.1. The Balaban J connectivity index is 4.37. The predicted octanol–water partition coefficient (Wildman–Crippen LogP) is 4.89. The summed E-state index contributed by atoms with van der Waals surface area (Å²) in [6.45, 7) is 14.7. The highest BCUT2D eigenvalue weighted by molar-refractivity contribution is 6.60. The van der Waals surface area contributed by atoms with Crippen molar-refractivity contribution in [3.63, 3.8) is 0 Å². The van der Waals surface area contributed by atoms with Crippen LogP contribution in [0.15, 0.2) is 38.0 Å². The summed E-state index contributed by atoms with van der Waals surface area (Å²) in [6, 6.07) is 0.842. The Hall–Kier alpha value is -0.683. The van der Waals surface area contributed by atoms with Gasteiger partial charge in [-0.3, -0.25) is 0 Å². The maximum Gasteiger partial charge on any atom is 0.501 e. The number of hydrogen-bond acceptors (Lipinski definition) is 3. The summed E-state index contributed by atoms with van der Waals surface area (Å²) in [5.74, 6) is 0. The Labute approximate surface area is 132 Å². The Morgan fingerprint density at radius 3 is 1.57 bits per heavy atom. The Bertz CT molecular complexity index is 248. The van der Waals surface area contributed by atoms with E-state index in [0.29, 0.717) is 19.8 Å². The molecule has 0 saturated heterocycles. The molecule has 0 fully saturated rings. The molecule has 21 heavy (non-hydrogen) atoms. The largest absolute Gasteiger partial charge is 0.501 e. The van der Waals surface area contributed by atoms with Crippen molar-refractivity contribution in [1.29, 1.82) is 0 Å². The van der Waals surface area contributed by atoms with Crippen LogP contribution in [0, 0.1) is 0 Å². The van der Waals surface area contributed by atoms with E-state index < -0.39 is 8.80 Å². The van der Waals surface area contributed by atoms with Crippen LogP contribution in [0.4, 0.5) is 0 Å². The van der Waals surface area contributed by atoms with E-state index >= 15 is 0 Å². The first-order valence-corrected chi connectivity index (χ1v) is 9.92. The summed E-state index contributed by atoms with van der Waals surface area (Å²) in [7, 11) is -2.64. The number of unbranched alkanes of at least 4 members (excludes halogenated alkanes) is 5. The first-order chi connectivity index (χ1) is 10.2. The van der Waals surface area contributed by atoms with Crippen molar-refractivity contribution in [1.82, 2.24) is 0 Å². The van der Waals surface area contributed by atoms with Gasteiger partial charge in [-0.05, 0) is 6.42 Å². The van der Waals surface area contributed by atoms with Crippen molar-refractivity contribution in [3.05, 3.63) is 38.0 Å². The lowest BCUT2D eigenvalue weighted by molar-refractivity contribution is 0.0853. The predicted molar refractivity (Wildman–Crippen MR) is 92.4 cm³/mol. The van der Waals surface area contributed by atoms with Crippen LogP contribution in [0.25, 0.3) is 0 Å². The van der Waals surface area contributed by atoms with Gasteiger partial charge in [0.15, 0.2) is 0 Å². The second kappa shape index (κ2) is 14.3. The van der Waals surface area contributed by atoms with Crippen LogP contribution in [0.3, 0.4) is 0 Å². The zero-order valence-corrected chi connectivity index (χ0v) is 14.6. The van der Waals surface area contributed by atoms with Gasteiger partial charge >= 0.3 is 8.80 Å². The maximum absolute atomic E-state index is 5.89. The minimum atomic E-state index is -2.64. The molecule has 122 valence electrons. The third-order valence-corrected chi connectivity index (χ3v) is 5.89. The zero-order chi connectivity index (χ0) is 15.8. The highest BCUT2D eigenvalue weighted by Crippen LogP contribution is 2.21. The molecule has 0 saturated carbocycles. The van der Waals surface area contributed by atoms with Crippen LogP contribution in [-0.2, 0) is 13.3 Å². The average Bonchev–Trinajstić information content (AvgIpc) is 2.51. The summed E-state index contributed by atoms with van der Waals surface area (Å²) < 4.78 is 17.7. The third kappa shape index (κ3) is 10.7. The van der Waals surface area contributed by atoms with E-state index in [1.165, 1.54) is 32.1 Å². The molecule has 0 aromatic rings. The molecule has 0 spiro atoms. The second-order valence-corrected chi connectivity index (χ2v) is 7.73. The minimum Gasteiger partial charge on any atom is -0.370 e. The molecular weight excluding hydrogens is 280 g/mol. The molecular formula is C17H32O3Si. The molecule has 3 nitrogen and oxygen atoms in total. The van der Waals surface area contributed by atoms with Gasteiger partial charge in [0.05, 0.1) is 19.8 Å². The quantitative estimate of drug-likeness (QED) is 0.231. The number of hydrogen-bond donors (Lipinski definition) is 0. The fraction of sp³-hybridized carbons (Fsp3) is 0.647. The molecule has 0 radical (unpaired) electrons. The SMILES string of the molecule is C=CCO[Si](CCCCCCCC)(OCC=C)OCC=C. The smallest absolute Gasteiger partial charge is 0.370 e. The van der Waals surface area contributed by atoms with Gasteiger partial charge in [-0.25, -0.2) is 0 Å². The topological polar surface area (TPSA) is 27.7 Å². The van der Waals surface area contributed by atoms with Gasteiger partial charge in [0.25, 0.3) is 0 Å². The standard InChI is InChI=1S/C17H32O3Si/c1-5-9-10-11-12-13-17-21(18-14-6-2,19-15-7-3)20-16-8-4/h6-8H,2-5,9-17H2,1H3. The monoisotopic (exact) mass is 312 g/mol. The summed E-state index contributed by atoms with van der Waals surface area (Å²) in [4.78, 5) is 0. The van der Waals surface area contributed by atoms with Gasteiger partial charge < -0.3 is 13.3 Å². The summed E-state index contributed by atoms with van der Waals surface area (Å²) in [6.07, 6.45) is 12.6. The van der Waals surface area contributed by atoms with Gasteiger partial charge in [0, 0.05) is 6.04 Å². The molecule has 0 unspecified atom stereocenters. The van der Waals surface area contributed by atoms with Crippen LogP contribution in [0.1, 0.15) is 45.4 Å². The Morgan fingerprint density at radius 2 is 1.14 bits per heavy atom. The van der Waals surface area contributed by atoms with E-state index in [2.05, 4.69) is 26.7 Å². The maximum atomic E-state index is 5.89. The molecule has 0 heterocycles. The lowest BCUT2D eigenvalue weighted by Crippen LogP contribution is -2.46. The third-order valence-electron chi connectivity index (χ3n) is 3.10. The highest BCUT2D eigenvalue weighted by Gasteiger charge is 2.39. The summed E-state index contributed by atoms with van der Waals surface area (Å²) in [5, 5.41) is 0. The first-order valence-electron chi connectivity index (χ1n) is 7.99. The highest BCUT2D eigenvalue weighted by atomic mass is 28.4. The van der Waals surface area contributed by atoms with Crippen LogP contribution in [-0.4, -0.2) is 28.6 Å². The van der Waals surface area contributed by atoms with Crippen molar-refractivity contribution in [2.45, 2.75) is 51.5 Å². The molecule has 0 bridgehead atoms. The van der Waals surface area contributed by atoms with Crippen LogP contribution in [0.2, 0.25) is 6.04 Å². The minimum absolute atomic E-state index is 0.455. The van der Waals surface area contributed by atoms with Crippen molar-refractivity contribution in [2.24, 2.45) is 0 Å². The van der Waals surface area contributed by atoms with Crippen molar-refractivity contribution < 1.29 is 13.3 Å². The van der Waals surface area contributed by atoms with Gasteiger partial charge in [0.2, 0.25) is 0 Å². The van der Waals surface area contributed by atoms with E-state index in [1.807, 2.05) is 0 Å². The summed E-state index contributed by atoms with van der Waals surface area (Å²) >= 11 is 0. The molecule has 0 aromatic heterocycles. The fourth-order valence-corrected chi connectivity index (χ4v) is 4.50. The van der Waals surface area contributed by atoms with E-state index in [-0.39, 0.29) is 0 Å². The normalized spacial score (nSPS) is 11.3. The van der Waals surface area contributed by atoms with E-state index in [9.17, 15) is 0 Å². The van der Waals surface area contributed by atoms with Crippen molar-refractivity contribution >= 4 is 8.80 Å². The molecule has 0 aliphatic rings. The van der Waals surface area contributed by atoms with Gasteiger partial charge in [-0.2, -0.15) is 0 Å². The van der Waals surface area contributed by atoms with Gasteiger partial charge in [-0.15, -0.1) is 19.7 Å². The Kier molecular flexibility index (Phi) is 13.8. The first kappa shape index (κ1) is 20.3. The van der Waals surface area contributed by atoms with Gasteiger partial charge in [0.1, 0.15) is 0 Å². The molecule has 0 amide bonds. The van der Waals surface area contributed by atoms with Crippen LogP contribution >= 0.6 is 0 Å². The molecule has 4 heteroatoms. The zero-order valence-electron chi connectivity index (χ0n) is 13.6. The molecule has 0 atom stereocenters. The lowest BCUT2D eigenvalue weighted by Gasteiger charge is -2.28. The van der Waals surface area contributed by atoms with Crippen molar-refractivity contribution in [3.8, 4) is 0 Å². The number of rotatable bonds is 16. The Morgan fingerprint density at radius 1 is 0.714 bits per heavy atom. The molecule has 0 rings (SSSR count). The molecule has 0 aliphatic carbocycles. The van der Waals surface area contributed by atoms with E-state index in [0.717, 1.165) is 12.5 Å². The molecule has 0 N–H and O–H groups in total. The fourth-order valence-electron chi connectivity index (χ4n) is 2.02. The van der Waals surface area contributed by atoms with Crippen LogP contribution in [0.5, 0.6) is 0 Å². The van der Waals surface area contributed by atoms with Crippen molar-refractivity contribution in [2.75, 3.05) is 19.8 Å². The van der Waals surface area contributed by atoms with E-state index in [1.54, 1.807) is 18.2 Å².